The molecule has 0 radical (unpaired) electrons. The highest BCUT2D eigenvalue weighted by Crippen LogP contribution is 2.34. The van der Waals surface area contributed by atoms with Gasteiger partial charge < -0.3 is 15.4 Å². The lowest BCUT2D eigenvalue weighted by molar-refractivity contribution is 0.0841. The third-order valence-corrected chi connectivity index (χ3v) is 4.03. The molecule has 4 nitrogen and oxygen atoms in total. The zero-order valence-corrected chi connectivity index (χ0v) is 11.5. The normalized spacial score (nSPS) is 27.6. The molecule has 20 heavy (non-hydrogen) atoms. The first-order valence-corrected chi connectivity index (χ1v) is 7.17. The third-order valence-electron chi connectivity index (χ3n) is 4.03. The first-order chi connectivity index (χ1) is 9.69. The van der Waals surface area contributed by atoms with Gasteiger partial charge in [-0.3, -0.25) is 4.79 Å². The van der Waals surface area contributed by atoms with Gasteiger partial charge in [0.2, 0.25) is 0 Å². The van der Waals surface area contributed by atoms with Crippen LogP contribution in [0.4, 0.5) is 10.1 Å². The van der Waals surface area contributed by atoms with Crippen molar-refractivity contribution in [3.05, 3.63) is 29.6 Å². The minimum atomic E-state index is -0.399. The highest BCUT2D eigenvalue weighted by molar-refractivity contribution is 6.00. The van der Waals surface area contributed by atoms with E-state index in [1.165, 1.54) is 6.07 Å². The molecule has 3 rings (SSSR count). The van der Waals surface area contributed by atoms with Crippen molar-refractivity contribution in [1.82, 2.24) is 5.32 Å². The molecule has 1 amide bonds. The summed E-state index contributed by atoms with van der Waals surface area (Å²) in [6.07, 6.45) is 3.35. The van der Waals surface area contributed by atoms with E-state index in [0.717, 1.165) is 19.3 Å². The Morgan fingerprint density at radius 2 is 2.30 bits per heavy atom. The fourth-order valence-corrected chi connectivity index (χ4v) is 3.11. The van der Waals surface area contributed by atoms with E-state index >= 15 is 0 Å². The fourth-order valence-electron chi connectivity index (χ4n) is 3.11. The molecule has 0 saturated carbocycles. The summed E-state index contributed by atoms with van der Waals surface area (Å²) in [4.78, 5) is 12.4. The van der Waals surface area contributed by atoms with Gasteiger partial charge in [0.15, 0.2) is 0 Å². The molecular formula is C15H19FN2O2. The maximum absolute atomic E-state index is 13.8. The van der Waals surface area contributed by atoms with Crippen LogP contribution < -0.4 is 10.6 Å². The number of anilines is 1. The van der Waals surface area contributed by atoms with Crippen molar-refractivity contribution in [2.24, 2.45) is 0 Å². The van der Waals surface area contributed by atoms with Crippen molar-refractivity contribution in [2.45, 2.75) is 44.4 Å². The average molecular weight is 278 g/mol. The first kappa shape index (κ1) is 13.4. The van der Waals surface area contributed by atoms with E-state index in [2.05, 4.69) is 10.6 Å². The highest BCUT2D eigenvalue weighted by atomic mass is 19.1. The second-order valence-electron chi connectivity index (χ2n) is 5.38. The summed E-state index contributed by atoms with van der Waals surface area (Å²) in [5.41, 5.74) is 0.631. The van der Waals surface area contributed by atoms with Gasteiger partial charge in [-0.15, -0.1) is 0 Å². The Morgan fingerprint density at radius 1 is 1.45 bits per heavy atom. The van der Waals surface area contributed by atoms with Gasteiger partial charge in [0.05, 0.1) is 29.5 Å². The number of halogens is 1. The SMILES string of the molecule is CCNc1c(F)cccc1C(=O)NC1CC2CCC1O2. The Bertz CT molecular complexity index is 521. The summed E-state index contributed by atoms with van der Waals surface area (Å²) in [7, 11) is 0. The predicted molar refractivity (Wildman–Crippen MR) is 74.3 cm³/mol. The van der Waals surface area contributed by atoms with E-state index in [4.69, 9.17) is 4.74 Å². The van der Waals surface area contributed by atoms with Gasteiger partial charge in [-0.2, -0.15) is 0 Å². The maximum atomic E-state index is 13.8. The zero-order chi connectivity index (χ0) is 14.1. The zero-order valence-electron chi connectivity index (χ0n) is 11.5. The molecule has 0 aromatic heterocycles. The number of rotatable bonds is 4. The van der Waals surface area contributed by atoms with Crippen LogP contribution in [0.1, 0.15) is 36.5 Å². The van der Waals surface area contributed by atoms with Crippen LogP contribution in [0.5, 0.6) is 0 Å². The molecule has 2 fully saturated rings. The average Bonchev–Trinajstić information content (AvgIpc) is 3.03. The van der Waals surface area contributed by atoms with Gasteiger partial charge in [0.25, 0.3) is 5.91 Å². The van der Waals surface area contributed by atoms with Gasteiger partial charge in [0, 0.05) is 6.54 Å². The van der Waals surface area contributed by atoms with Crippen molar-refractivity contribution < 1.29 is 13.9 Å². The van der Waals surface area contributed by atoms with Crippen LogP contribution in [0, 0.1) is 5.82 Å². The number of hydrogen-bond acceptors (Lipinski definition) is 3. The number of para-hydroxylation sites is 1. The first-order valence-electron chi connectivity index (χ1n) is 7.17. The van der Waals surface area contributed by atoms with E-state index in [1.54, 1.807) is 12.1 Å². The molecule has 0 aliphatic carbocycles. The lowest BCUT2D eigenvalue weighted by atomic mass is 9.95. The standard InChI is InChI=1S/C15H19FN2O2/c1-2-17-14-10(4-3-5-11(14)16)15(19)18-12-8-9-6-7-13(12)20-9/h3-5,9,12-13,17H,2,6-8H2,1H3,(H,18,19). The monoisotopic (exact) mass is 278 g/mol. The summed E-state index contributed by atoms with van der Waals surface area (Å²) in [5.74, 6) is -0.634. The van der Waals surface area contributed by atoms with Gasteiger partial charge in [-0.1, -0.05) is 6.07 Å². The number of carbonyl (C=O) groups is 1. The highest BCUT2D eigenvalue weighted by Gasteiger charge is 2.41. The summed E-state index contributed by atoms with van der Waals surface area (Å²) < 4.78 is 19.5. The summed E-state index contributed by atoms with van der Waals surface area (Å²) >= 11 is 0. The van der Waals surface area contributed by atoms with Crippen LogP contribution in [-0.4, -0.2) is 30.7 Å². The lowest BCUT2D eigenvalue weighted by Crippen LogP contribution is -2.41. The largest absolute Gasteiger partial charge is 0.382 e. The van der Waals surface area contributed by atoms with Gasteiger partial charge in [-0.25, -0.2) is 4.39 Å². The number of carbonyl (C=O) groups excluding carboxylic acids is 1. The molecule has 5 heteroatoms. The Kier molecular flexibility index (Phi) is 3.61. The molecule has 108 valence electrons. The molecule has 0 spiro atoms. The molecule has 2 aliphatic heterocycles. The molecule has 1 aromatic carbocycles. The van der Waals surface area contributed by atoms with Crippen LogP contribution in [-0.2, 0) is 4.74 Å². The summed E-state index contributed by atoms with van der Waals surface area (Å²) in [6, 6.07) is 4.61. The molecule has 2 aliphatic rings. The van der Waals surface area contributed by atoms with Crippen molar-refractivity contribution in [3.63, 3.8) is 0 Å². The summed E-state index contributed by atoms with van der Waals surface area (Å²) in [5, 5.41) is 5.90. The number of nitrogens with one attached hydrogen (secondary N) is 2. The topological polar surface area (TPSA) is 50.4 Å². The fraction of sp³-hybridized carbons (Fsp3) is 0.533. The van der Waals surface area contributed by atoms with E-state index in [0.29, 0.717) is 12.1 Å². The van der Waals surface area contributed by atoms with Crippen LogP contribution >= 0.6 is 0 Å². The van der Waals surface area contributed by atoms with Crippen molar-refractivity contribution in [1.29, 1.82) is 0 Å². The van der Waals surface area contributed by atoms with E-state index < -0.39 is 5.82 Å². The van der Waals surface area contributed by atoms with E-state index in [-0.39, 0.29) is 29.8 Å². The molecule has 2 N–H and O–H groups in total. The Hall–Kier alpha value is -1.62. The number of ether oxygens (including phenoxy) is 1. The minimum absolute atomic E-state index is 0.0546. The number of hydrogen-bond donors (Lipinski definition) is 2. The molecule has 2 heterocycles. The molecule has 2 bridgehead atoms. The van der Waals surface area contributed by atoms with Crippen molar-refractivity contribution in [2.75, 3.05) is 11.9 Å². The third kappa shape index (κ3) is 2.38. The molecule has 3 atom stereocenters. The molecule has 1 aromatic rings. The number of benzene rings is 1. The van der Waals surface area contributed by atoms with Crippen molar-refractivity contribution >= 4 is 11.6 Å². The Morgan fingerprint density at radius 3 is 2.95 bits per heavy atom. The molecule has 2 saturated heterocycles. The van der Waals surface area contributed by atoms with E-state index in [9.17, 15) is 9.18 Å². The Balaban J connectivity index is 1.75. The minimum Gasteiger partial charge on any atom is -0.382 e. The molecule has 3 unspecified atom stereocenters. The van der Waals surface area contributed by atoms with Crippen LogP contribution in [0.25, 0.3) is 0 Å². The molecular weight excluding hydrogens is 259 g/mol. The van der Waals surface area contributed by atoms with Crippen LogP contribution in [0.3, 0.4) is 0 Å². The van der Waals surface area contributed by atoms with Gasteiger partial charge in [0.1, 0.15) is 5.82 Å². The lowest BCUT2D eigenvalue weighted by Gasteiger charge is -2.21. The van der Waals surface area contributed by atoms with Crippen LogP contribution in [0.2, 0.25) is 0 Å². The van der Waals surface area contributed by atoms with Gasteiger partial charge in [-0.05, 0) is 38.3 Å². The van der Waals surface area contributed by atoms with E-state index in [1.807, 2.05) is 6.92 Å². The second-order valence-corrected chi connectivity index (χ2v) is 5.38. The van der Waals surface area contributed by atoms with Gasteiger partial charge >= 0.3 is 0 Å². The summed E-state index contributed by atoms with van der Waals surface area (Å²) in [6.45, 7) is 2.44. The smallest absolute Gasteiger partial charge is 0.253 e. The Labute approximate surface area is 117 Å². The maximum Gasteiger partial charge on any atom is 0.253 e. The van der Waals surface area contributed by atoms with Crippen molar-refractivity contribution in [3.8, 4) is 0 Å². The quantitative estimate of drug-likeness (QED) is 0.888. The predicted octanol–water partition coefficient (Wildman–Crippen LogP) is 2.31. The number of fused-ring (bicyclic) bond motifs is 2. The van der Waals surface area contributed by atoms with Crippen LogP contribution in [0.15, 0.2) is 18.2 Å². The number of amides is 1. The second kappa shape index (κ2) is 5.40.